The Balaban J connectivity index is 1.29. The van der Waals surface area contributed by atoms with Crippen molar-refractivity contribution < 1.29 is 23.9 Å². The number of amides is 3. The van der Waals surface area contributed by atoms with Gasteiger partial charge in [0, 0.05) is 18.5 Å². The monoisotopic (exact) mass is 434 g/mol. The van der Waals surface area contributed by atoms with E-state index >= 15 is 0 Å². The van der Waals surface area contributed by atoms with Gasteiger partial charge in [0.15, 0.2) is 0 Å². The average Bonchev–Trinajstić information content (AvgIpc) is 3.11. The van der Waals surface area contributed by atoms with E-state index in [1.54, 1.807) is 11.0 Å². The molecule has 0 radical (unpaired) electrons. The molecule has 1 N–H and O–H groups in total. The molecular weight excluding hydrogens is 408 g/mol. The molecule has 1 saturated heterocycles. The molecule has 7 heteroatoms. The first-order chi connectivity index (χ1) is 15.6. The standard InChI is InChI=1S/C25H26N2O5/c28-23-13-12-20(24(29)26-23)27-15-16-14-18(10-11-19(16)25(27)30)32-22-9-5-4-8-21(22)31-17-6-2-1-3-7-17/h1-3,6-7,10-11,14,20-22H,4-5,8-9,12-13,15H2,(H,26,28,29). The summed E-state index contributed by atoms with van der Waals surface area (Å²) in [5, 5.41) is 2.33. The van der Waals surface area contributed by atoms with Crippen LogP contribution in [-0.2, 0) is 16.1 Å². The van der Waals surface area contributed by atoms with Gasteiger partial charge in [-0.1, -0.05) is 18.2 Å². The van der Waals surface area contributed by atoms with Crippen molar-refractivity contribution in [3.05, 3.63) is 59.7 Å². The molecule has 3 atom stereocenters. The molecule has 1 saturated carbocycles. The molecule has 3 unspecified atom stereocenters. The second-order valence-electron chi connectivity index (χ2n) is 8.63. The number of fused-ring (bicyclic) bond motifs is 1. The number of rotatable bonds is 5. The predicted octanol–water partition coefficient (Wildman–Crippen LogP) is 3.22. The lowest BCUT2D eigenvalue weighted by atomic mass is 9.94. The van der Waals surface area contributed by atoms with Crippen LogP contribution in [0.5, 0.6) is 11.5 Å². The van der Waals surface area contributed by atoms with Crippen LogP contribution in [0.3, 0.4) is 0 Å². The molecule has 0 bridgehead atoms. The van der Waals surface area contributed by atoms with E-state index in [0.29, 0.717) is 24.3 Å². The van der Waals surface area contributed by atoms with Crippen molar-refractivity contribution in [1.82, 2.24) is 10.2 Å². The van der Waals surface area contributed by atoms with Gasteiger partial charge < -0.3 is 14.4 Å². The fourth-order valence-electron chi connectivity index (χ4n) is 4.81. The molecule has 3 aliphatic rings. The number of carbonyl (C=O) groups excluding carboxylic acids is 3. The number of para-hydroxylation sites is 1. The van der Waals surface area contributed by atoms with E-state index in [1.807, 2.05) is 42.5 Å². The largest absolute Gasteiger partial charge is 0.487 e. The number of nitrogens with one attached hydrogen (secondary N) is 1. The zero-order valence-electron chi connectivity index (χ0n) is 17.8. The highest BCUT2D eigenvalue weighted by Gasteiger charge is 2.39. The molecule has 2 fully saturated rings. The number of nitrogens with zero attached hydrogens (tertiary/aromatic N) is 1. The average molecular weight is 434 g/mol. The zero-order chi connectivity index (χ0) is 22.1. The highest BCUT2D eigenvalue weighted by molar-refractivity contribution is 6.05. The van der Waals surface area contributed by atoms with Gasteiger partial charge >= 0.3 is 0 Å². The van der Waals surface area contributed by atoms with Crippen LogP contribution in [0.2, 0.25) is 0 Å². The van der Waals surface area contributed by atoms with Gasteiger partial charge in [0.05, 0.1) is 0 Å². The second-order valence-corrected chi connectivity index (χ2v) is 8.63. The van der Waals surface area contributed by atoms with Gasteiger partial charge in [-0.3, -0.25) is 19.7 Å². The first-order valence-corrected chi connectivity index (χ1v) is 11.2. The summed E-state index contributed by atoms with van der Waals surface area (Å²) in [6.45, 7) is 0.340. The quantitative estimate of drug-likeness (QED) is 0.731. The second kappa shape index (κ2) is 8.65. The highest BCUT2D eigenvalue weighted by Crippen LogP contribution is 2.32. The van der Waals surface area contributed by atoms with E-state index < -0.39 is 11.9 Å². The van der Waals surface area contributed by atoms with Crippen molar-refractivity contribution in [1.29, 1.82) is 0 Å². The Bertz CT molecular complexity index is 1040. The van der Waals surface area contributed by atoms with Crippen molar-refractivity contribution in [2.24, 2.45) is 0 Å². The SMILES string of the molecule is O=C1CCC(N2Cc3cc(OC4CCCCC4Oc4ccccc4)ccc3C2=O)C(=O)N1. The third-order valence-electron chi connectivity index (χ3n) is 6.46. The first-order valence-electron chi connectivity index (χ1n) is 11.2. The number of benzene rings is 2. The van der Waals surface area contributed by atoms with Gasteiger partial charge in [-0.05, 0) is 68.0 Å². The summed E-state index contributed by atoms with van der Waals surface area (Å²) in [6.07, 6.45) is 4.56. The van der Waals surface area contributed by atoms with Crippen molar-refractivity contribution in [2.45, 2.75) is 63.3 Å². The zero-order valence-corrected chi connectivity index (χ0v) is 17.8. The molecule has 0 aromatic heterocycles. The molecule has 166 valence electrons. The summed E-state index contributed by atoms with van der Waals surface area (Å²) in [5.41, 5.74) is 1.43. The van der Waals surface area contributed by atoms with Crippen LogP contribution >= 0.6 is 0 Å². The predicted molar refractivity (Wildman–Crippen MR) is 116 cm³/mol. The maximum Gasteiger partial charge on any atom is 0.255 e. The van der Waals surface area contributed by atoms with Crippen LogP contribution in [0.1, 0.15) is 54.4 Å². The molecule has 2 aromatic carbocycles. The topological polar surface area (TPSA) is 84.9 Å². The van der Waals surface area contributed by atoms with Crippen LogP contribution in [0.25, 0.3) is 0 Å². The van der Waals surface area contributed by atoms with Gasteiger partial charge in [0.1, 0.15) is 29.7 Å². The molecule has 0 spiro atoms. The number of ether oxygens (including phenoxy) is 2. The van der Waals surface area contributed by atoms with Crippen LogP contribution in [0, 0.1) is 0 Å². The van der Waals surface area contributed by atoms with Crippen molar-refractivity contribution >= 4 is 17.7 Å². The van der Waals surface area contributed by atoms with Crippen LogP contribution in [-0.4, -0.2) is 40.9 Å². The lowest BCUT2D eigenvalue weighted by molar-refractivity contribution is -0.136. The molecular formula is C25H26N2O5. The van der Waals surface area contributed by atoms with Crippen LogP contribution < -0.4 is 14.8 Å². The Kier molecular flexibility index (Phi) is 5.55. The number of imide groups is 1. The van der Waals surface area contributed by atoms with Crippen molar-refractivity contribution in [2.75, 3.05) is 0 Å². The summed E-state index contributed by atoms with van der Waals surface area (Å²) in [4.78, 5) is 38.1. The van der Waals surface area contributed by atoms with Gasteiger partial charge in [-0.2, -0.15) is 0 Å². The molecule has 1 aliphatic carbocycles. The van der Waals surface area contributed by atoms with E-state index in [2.05, 4.69) is 5.32 Å². The van der Waals surface area contributed by atoms with E-state index in [4.69, 9.17) is 9.47 Å². The van der Waals surface area contributed by atoms with Crippen LogP contribution in [0.4, 0.5) is 0 Å². The van der Waals surface area contributed by atoms with Gasteiger partial charge in [0.2, 0.25) is 11.8 Å². The van der Waals surface area contributed by atoms with Gasteiger partial charge in [0.25, 0.3) is 5.91 Å². The molecule has 32 heavy (non-hydrogen) atoms. The lowest BCUT2D eigenvalue weighted by Crippen LogP contribution is -2.52. The number of carbonyl (C=O) groups is 3. The van der Waals surface area contributed by atoms with E-state index in [0.717, 1.165) is 37.0 Å². The lowest BCUT2D eigenvalue weighted by Gasteiger charge is -2.32. The Morgan fingerprint density at radius 2 is 1.56 bits per heavy atom. The molecule has 2 aliphatic heterocycles. The molecule has 5 rings (SSSR count). The minimum absolute atomic E-state index is 0.0268. The first kappa shape index (κ1) is 20.5. The maximum absolute atomic E-state index is 12.9. The number of hydrogen-bond donors (Lipinski definition) is 1. The molecule has 2 aromatic rings. The maximum atomic E-state index is 12.9. The van der Waals surface area contributed by atoms with E-state index in [-0.39, 0.29) is 30.4 Å². The molecule has 3 amide bonds. The summed E-state index contributed by atoms with van der Waals surface area (Å²) in [6, 6.07) is 14.7. The number of piperidine rings is 1. The smallest absolute Gasteiger partial charge is 0.255 e. The van der Waals surface area contributed by atoms with E-state index in [1.165, 1.54) is 0 Å². The fraction of sp³-hybridized carbons (Fsp3) is 0.400. The Morgan fingerprint density at radius 1 is 0.844 bits per heavy atom. The van der Waals surface area contributed by atoms with Gasteiger partial charge in [-0.25, -0.2) is 0 Å². The molecule has 2 heterocycles. The van der Waals surface area contributed by atoms with Crippen molar-refractivity contribution in [3.8, 4) is 11.5 Å². The highest BCUT2D eigenvalue weighted by atomic mass is 16.5. The summed E-state index contributed by atoms with van der Waals surface area (Å²) >= 11 is 0. The fourth-order valence-corrected chi connectivity index (χ4v) is 4.81. The van der Waals surface area contributed by atoms with E-state index in [9.17, 15) is 14.4 Å². The molecule has 7 nitrogen and oxygen atoms in total. The van der Waals surface area contributed by atoms with Gasteiger partial charge in [-0.15, -0.1) is 0 Å². The Labute approximate surface area is 186 Å². The third kappa shape index (κ3) is 4.07. The normalized spacial score (nSPS) is 25.3. The van der Waals surface area contributed by atoms with Crippen molar-refractivity contribution in [3.63, 3.8) is 0 Å². The Hall–Kier alpha value is -3.35. The number of hydrogen-bond acceptors (Lipinski definition) is 5. The minimum Gasteiger partial charge on any atom is -0.487 e. The minimum atomic E-state index is -0.612. The third-order valence-corrected chi connectivity index (χ3v) is 6.46. The van der Waals surface area contributed by atoms with Crippen LogP contribution in [0.15, 0.2) is 48.5 Å². The Morgan fingerprint density at radius 3 is 2.28 bits per heavy atom. The summed E-state index contributed by atoms with van der Waals surface area (Å²) < 4.78 is 12.5. The summed E-state index contributed by atoms with van der Waals surface area (Å²) in [5.74, 6) is 0.680. The summed E-state index contributed by atoms with van der Waals surface area (Å²) in [7, 11) is 0.